The Morgan fingerprint density at radius 1 is 1.41 bits per heavy atom. The smallest absolute Gasteiger partial charge is 0.273 e. The van der Waals surface area contributed by atoms with Crippen molar-refractivity contribution in [3.05, 3.63) is 39.7 Å². The Kier molecular flexibility index (Phi) is 4.13. The van der Waals surface area contributed by atoms with Gasteiger partial charge in [0.1, 0.15) is 5.82 Å². The fraction of sp³-hybridized carbons (Fsp3) is 0.333. The molecule has 0 atom stereocenters. The molecule has 1 aromatic carbocycles. The molecule has 0 unspecified atom stereocenters. The highest BCUT2D eigenvalue weighted by atomic mass is 32.2. The summed E-state index contributed by atoms with van der Waals surface area (Å²) in [5.74, 6) is -1.59. The van der Waals surface area contributed by atoms with Crippen molar-refractivity contribution in [1.29, 1.82) is 0 Å². The van der Waals surface area contributed by atoms with E-state index < -0.39 is 32.0 Å². The van der Waals surface area contributed by atoms with E-state index >= 15 is 0 Å². The standard InChI is InChI=1S/C9H11FN2O4S/c10-8-1-2-9(12(13)14)7(5-8)6-17(15,16)4-3-11/h1-2,5H,3-4,6,11H2. The van der Waals surface area contributed by atoms with Crippen molar-refractivity contribution < 1.29 is 17.7 Å². The summed E-state index contributed by atoms with van der Waals surface area (Å²) in [4.78, 5) is 9.90. The van der Waals surface area contributed by atoms with Crippen molar-refractivity contribution in [1.82, 2.24) is 0 Å². The van der Waals surface area contributed by atoms with Crippen molar-refractivity contribution in [3.63, 3.8) is 0 Å². The summed E-state index contributed by atoms with van der Waals surface area (Å²) in [7, 11) is -3.55. The molecule has 0 aliphatic heterocycles. The molecular weight excluding hydrogens is 251 g/mol. The maximum atomic E-state index is 12.9. The van der Waals surface area contributed by atoms with E-state index in [1.807, 2.05) is 0 Å². The molecule has 0 aliphatic carbocycles. The molecule has 1 rings (SSSR count). The van der Waals surface area contributed by atoms with Gasteiger partial charge in [0.25, 0.3) is 5.69 Å². The summed E-state index contributed by atoms with van der Waals surface area (Å²) < 4.78 is 35.9. The summed E-state index contributed by atoms with van der Waals surface area (Å²) in [5.41, 5.74) is 4.54. The minimum atomic E-state index is -3.55. The number of benzene rings is 1. The van der Waals surface area contributed by atoms with E-state index in [1.54, 1.807) is 0 Å². The van der Waals surface area contributed by atoms with E-state index in [1.165, 1.54) is 0 Å². The molecule has 0 saturated heterocycles. The third kappa shape index (κ3) is 3.75. The molecular formula is C9H11FN2O4S. The summed E-state index contributed by atoms with van der Waals surface area (Å²) >= 11 is 0. The third-order valence-electron chi connectivity index (χ3n) is 2.04. The topological polar surface area (TPSA) is 103 Å². The Labute approximate surface area is 97.3 Å². The lowest BCUT2D eigenvalue weighted by Crippen LogP contribution is -2.17. The zero-order chi connectivity index (χ0) is 13.1. The highest BCUT2D eigenvalue weighted by Gasteiger charge is 2.20. The van der Waals surface area contributed by atoms with Gasteiger partial charge in [-0.3, -0.25) is 10.1 Å². The van der Waals surface area contributed by atoms with Gasteiger partial charge in [-0.2, -0.15) is 0 Å². The van der Waals surface area contributed by atoms with Crippen LogP contribution in [0.15, 0.2) is 18.2 Å². The quantitative estimate of drug-likeness (QED) is 0.618. The first-order valence-electron chi connectivity index (χ1n) is 4.69. The molecule has 0 aliphatic rings. The van der Waals surface area contributed by atoms with Crippen LogP contribution in [0.5, 0.6) is 0 Å². The van der Waals surface area contributed by atoms with Gasteiger partial charge in [-0.1, -0.05) is 0 Å². The molecule has 6 nitrogen and oxygen atoms in total. The van der Waals surface area contributed by atoms with Gasteiger partial charge in [-0.15, -0.1) is 0 Å². The first kappa shape index (κ1) is 13.5. The van der Waals surface area contributed by atoms with Crippen LogP contribution in [0.25, 0.3) is 0 Å². The number of nitro benzene ring substituents is 1. The predicted octanol–water partition coefficient (Wildman–Crippen LogP) is 0.607. The molecule has 0 heterocycles. The molecule has 0 spiro atoms. The second-order valence-electron chi connectivity index (χ2n) is 3.41. The van der Waals surface area contributed by atoms with Gasteiger partial charge in [0.15, 0.2) is 9.84 Å². The second kappa shape index (κ2) is 5.19. The van der Waals surface area contributed by atoms with E-state index in [0.29, 0.717) is 0 Å². The largest absolute Gasteiger partial charge is 0.329 e. The molecule has 0 radical (unpaired) electrons. The van der Waals surface area contributed by atoms with Gasteiger partial charge < -0.3 is 5.73 Å². The molecule has 0 aromatic heterocycles. The van der Waals surface area contributed by atoms with Crippen LogP contribution in [0.3, 0.4) is 0 Å². The normalized spacial score (nSPS) is 11.4. The highest BCUT2D eigenvalue weighted by molar-refractivity contribution is 7.90. The van der Waals surface area contributed by atoms with E-state index in [-0.39, 0.29) is 17.9 Å². The van der Waals surface area contributed by atoms with Gasteiger partial charge >= 0.3 is 0 Å². The number of hydrogen-bond donors (Lipinski definition) is 1. The zero-order valence-corrected chi connectivity index (χ0v) is 9.61. The molecule has 8 heteroatoms. The molecule has 2 N–H and O–H groups in total. The number of sulfone groups is 1. The van der Waals surface area contributed by atoms with E-state index in [2.05, 4.69) is 0 Å². The van der Waals surface area contributed by atoms with E-state index in [0.717, 1.165) is 18.2 Å². The molecule has 0 saturated carbocycles. The fourth-order valence-corrected chi connectivity index (χ4v) is 2.54. The molecule has 0 fully saturated rings. The number of nitro groups is 1. The maximum Gasteiger partial charge on any atom is 0.273 e. The van der Waals surface area contributed by atoms with Gasteiger partial charge in [-0.05, 0) is 12.1 Å². The molecule has 0 amide bonds. The van der Waals surface area contributed by atoms with E-state index in [9.17, 15) is 22.9 Å². The summed E-state index contributed by atoms with van der Waals surface area (Å²) in [6.45, 7) is -0.0779. The van der Waals surface area contributed by atoms with Crippen LogP contribution in [0, 0.1) is 15.9 Å². The van der Waals surface area contributed by atoms with Crippen LogP contribution in [-0.4, -0.2) is 25.6 Å². The van der Waals surface area contributed by atoms with Crippen molar-refractivity contribution in [3.8, 4) is 0 Å². The molecule has 0 bridgehead atoms. The van der Waals surface area contributed by atoms with Crippen LogP contribution >= 0.6 is 0 Å². The Morgan fingerprint density at radius 2 is 2.06 bits per heavy atom. The molecule has 17 heavy (non-hydrogen) atoms. The zero-order valence-electron chi connectivity index (χ0n) is 8.80. The monoisotopic (exact) mass is 262 g/mol. The molecule has 1 aromatic rings. The number of halogens is 1. The van der Waals surface area contributed by atoms with Gasteiger partial charge in [-0.25, -0.2) is 12.8 Å². The minimum absolute atomic E-state index is 0.0779. The number of hydrogen-bond acceptors (Lipinski definition) is 5. The lowest BCUT2D eigenvalue weighted by Gasteiger charge is -2.04. The van der Waals surface area contributed by atoms with Gasteiger partial charge in [0, 0.05) is 18.2 Å². The average Bonchev–Trinajstić information content (AvgIpc) is 2.15. The first-order chi connectivity index (χ1) is 7.85. The van der Waals surface area contributed by atoms with Crippen molar-refractivity contribution in [2.24, 2.45) is 5.73 Å². The van der Waals surface area contributed by atoms with E-state index in [4.69, 9.17) is 5.73 Å². The van der Waals surface area contributed by atoms with Gasteiger partial charge in [0.05, 0.1) is 16.4 Å². The Balaban J connectivity index is 3.13. The van der Waals surface area contributed by atoms with Crippen LogP contribution < -0.4 is 5.73 Å². The number of nitrogens with zero attached hydrogens (tertiary/aromatic N) is 1. The van der Waals surface area contributed by atoms with Crippen LogP contribution in [-0.2, 0) is 15.6 Å². The van der Waals surface area contributed by atoms with Crippen molar-refractivity contribution >= 4 is 15.5 Å². The Bertz CT molecular complexity index is 530. The Hall–Kier alpha value is -1.54. The van der Waals surface area contributed by atoms with Crippen molar-refractivity contribution in [2.75, 3.05) is 12.3 Å². The summed E-state index contributed by atoms with van der Waals surface area (Å²) in [6, 6.07) is 2.71. The van der Waals surface area contributed by atoms with Crippen molar-refractivity contribution in [2.45, 2.75) is 5.75 Å². The maximum absolute atomic E-state index is 12.9. The van der Waals surface area contributed by atoms with Crippen LogP contribution in [0.4, 0.5) is 10.1 Å². The Morgan fingerprint density at radius 3 is 2.59 bits per heavy atom. The fourth-order valence-electron chi connectivity index (χ4n) is 1.34. The SMILES string of the molecule is NCCS(=O)(=O)Cc1cc(F)ccc1[N+](=O)[O-]. The number of nitrogens with two attached hydrogens (primary N) is 1. The minimum Gasteiger partial charge on any atom is -0.329 e. The third-order valence-corrected chi connectivity index (χ3v) is 3.65. The second-order valence-corrected chi connectivity index (χ2v) is 5.59. The number of rotatable bonds is 5. The average molecular weight is 262 g/mol. The highest BCUT2D eigenvalue weighted by Crippen LogP contribution is 2.21. The predicted molar refractivity (Wildman–Crippen MR) is 59.6 cm³/mol. The molecule has 94 valence electrons. The summed E-state index contributed by atoms with van der Waals surface area (Å²) in [6.07, 6.45) is 0. The summed E-state index contributed by atoms with van der Waals surface area (Å²) in [5, 5.41) is 10.6. The first-order valence-corrected chi connectivity index (χ1v) is 6.51. The van der Waals surface area contributed by atoms with Crippen LogP contribution in [0.1, 0.15) is 5.56 Å². The lowest BCUT2D eigenvalue weighted by molar-refractivity contribution is -0.385. The lowest BCUT2D eigenvalue weighted by atomic mass is 10.2. The van der Waals surface area contributed by atoms with Gasteiger partial charge in [0.2, 0.25) is 0 Å². The van der Waals surface area contributed by atoms with Crippen LogP contribution in [0.2, 0.25) is 0 Å².